The van der Waals surface area contributed by atoms with Crippen molar-refractivity contribution in [3.05, 3.63) is 29.8 Å². The van der Waals surface area contributed by atoms with E-state index in [0.717, 1.165) is 18.2 Å². The van der Waals surface area contributed by atoms with E-state index in [-0.39, 0.29) is 18.2 Å². The van der Waals surface area contributed by atoms with E-state index in [1.165, 1.54) is 0 Å². The molecule has 5 N–H and O–H groups in total. The molecule has 0 aliphatic rings. The number of hydrogen-bond donors (Lipinski definition) is 3. The SMILES string of the molecule is CC(C)(CN=C(N)Nc1cc(F)ccc1F)C(N)=O. The van der Waals surface area contributed by atoms with Crippen molar-refractivity contribution in [1.29, 1.82) is 0 Å². The molecular formula is C12H16F2N4O. The number of aliphatic imine (C=N–C) groups is 1. The Bertz CT molecular complexity index is 514. The van der Waals surface area contributed by atoms with Gasteiger partial charge >= 0.3 is 0 Å². The van der Waals surface area contributed by atoms with E-state index in [1.807, 2.05) is 0 Å². The van der Waals surface area contributed by atoms with E-state index >= 15 is 0 Å². The predicted octanol–water partition coefficient (Wildman–Crippen LogP) is 1.20. The number of carbonyl (C=O) groups excluding carboxylic acids is 1. The number of halogens is 2. The molecule has 5 nitrogen and oxygen atoms in total. The lowest BCUT2D eigenvalue weighted by atomic mass is 9.93. The Hall–Kier alpha value is -2.18. The molecule has 0 heterocycles. The van der Waals surface area contributed by atoms with Gasteiger partial charge in [-0.1, -0.05) is 0 Å². The highest BCUT2D eigenvalue weighted by Gasteiger charge is 2.24. The van der Waals surface area contributed by atoms with E-state index < -0.39 is 23.0 Å². The molecule has 19 heavy (non-hydrogen) atoms. The van der Waals surface area contributed by atoms with E-state index in [1.54, 1.807) is 13.8 Å². The van der Waals surface area contributed by atoms with Crippen molar-refractivity contribution >= 4 is 17.6 Å². The minimum absolute atomic E-state index is 0.0398. The van der Waals surface area contributed by atoms with Crippen LogP contribution in [0.5, 0.6) is 0 Å². The highest BCUT2D eigenvalue weighted by Crippen LogP contribution is 2.16. The highest BCUT2D eigenvalue weighted by atomic mass is 19.1. The van der Waals surface area contributed by atoms with E-state index in [4.69, 9.17) is 11.5 Å². The summed E-state index contributed by atoms with van der Waals surface area (Å²) in [5, 5.41) is 2.42. The van der Waals surface area contributed by atoms with Crippen LogP contribution >= 0.6 is 0 Å². The molecule has 1 amide bonds. The normalized spacial score (nSPS) is 12.3. The van der Waals surface area contributed by atoms with Crippen molar-refractivity contribution in [2.24, 2.45) is 21.9 Å². The topological polar surface area (TPSA) is 93.5 Å². The zero-order valence-electron chi connectivity index (χ0n) is 10.7. The number of nitrogens with one attached hydrogen (secondary N) is 1. The molecule has 0 saturated carbocycles. The van der Waals surface area contributed by atoms with Crippen LogP contribution in [0.1, 0.15) is 13.8 Å². The van der Waals surface area contributed by atoms with Gasteiger partial charge < -0.3 is 16.8 Å². The summed E-state index contributed by atoms with van der Waals surface area (Å²) >= 11 is 0. The molecule has 0 fully saturated rings. The van der Waals surface area contributed by atoms with Crippen LogP contribution in [0.2, 0.25) is 0 Å². The first kappa shape index (κ1) is 14.9. The summed E-state index contributed by atoms with van der Waals surface area (Å²) in [6, 6.07) is 2.92. The minimum Gasteiger partial charge on any atom is -0.370 e. The smallest absolute Gasteiger partial charge is 0.224 e. The molecule has 1 aromatic carbocycles. The Morgan fingerprint density at radius 2 is 2.00 bits per heavy atom. The number of amides is 1. The lowest BCUT2D eigenvalue weighted by Gasteiger charge is -2.17. The first-order valence-electron chi connectivity index (χ1n) is 5.54. The molecule has 0 aromatic heterocycles. The molecular weight excluding hydrogens is 254 g/mol. The molecule has 0 aliphatic heterocycles. The second-order valence-electron chi connectivity index (χ2n) is 4.70. The Morgan fingerprint density at radius 3 is 2.58 bits per heavy atom. The molecule has 0 aliphatic carbocycles. The van der Waals surface area contributed by atoms with Gasteiger partial charge in [-0.3, -0.25) is 9.79 Å². The predicted molar refractivity (Wildman–Crippen MR) is 69.4 cm³/mol. The summed E-state index contributed by atoms with van der Waals surface area (Å²) in [5.74, 6) is -1.91. The number of rotatable bonds is 4. The minimum atomic E-state index is -0.868. The lowest BCUT2D eigenvalue weighted by molar-refractivity contribution is -0.125. The fraction of sp³-hybridized carbons (Fsp3) is 0.333. The zero-order valence-corrected chi connectivity index (χ0v) is 10.7. The van der Waals surface area contributed by atoms with Crippen molar-refractivity contribution in [2.75, 3.05) is 11.9 Å². The monoisotopic (exact) mass is 270 g/mol. The Morgan fingerprint density at radius 1 is 1.37 bits per heavy atom. The first-order valence-corrected chi connectivity index (χ1v) is 5.54. The lowest BCUT2D eigenvalue weighted by Crippen LogP contribution is -2.35. The molecule has 0 spiro atoms. The Labute approximate surface area is 109 Å². The van der Waals surface area contributed by atoms with Crippen LogP contribution < -0.4 is 16.8 Å². The van der Waals surface area contributed by atoms with E-state index in [0.29, 0.717) is 0 Å². The van der Waals surface area contributed by atoms with Gasteiger partial charge in [-0.15, -0.1) is 0 Å². The molecule has 7 heteroatoms. The van der Waals surface area contributed by atoms with Gasteiger partial charge in [0.15, 0.2) is 5.96 Å². The van der Waals surface area contributed by atoms with E-state index in [2.05, 4.69) is 10.3 Å². The fourth-order valence-corrected chi connectivity index (χ4v) is 1.13. The zero-order chi connectivity index (χ0) is 14.6. The maximum atomic E-state index is 13.3. The van der Waals surface area contributed by atoms with Gasteiger partial charge in [0.1, 0.15) is 11.6 Å². The van der Waals surface area contributed by atoms with Crippen LogP contribution in [0.25, 0.3) is 0 Å². The average Bonchev–Trinajstić information content (AvgIpc) is 2.31. The summed E-state index contributed by atoms with van der Waals surface area (Å²) in [4.78, 5) is 14.9. The van der Waals surface area contributed by atoms with Crippen molar-refractivity contribution in [1.82, 2.24) is 0 Å². The van der Waals surface area contributed by atoms with Gasteiger partial charge in [0.05, 0.1) is 17.6 Å². The number of benzene rings is 1. The second-order valence-corrected chi connectivity index (χ2v) is 4.70. The Balaban J connectivity index is 2.77. The number of guanidine groups is 1. The van der Waals surface area contributed by atoms with Gasteiger partial charge in [0.2, 0.25) is 5.91 Å². The maximum absolute atomic E-state index is 13.3. The molecule has 0 radical (unpaired) electrons. The van der Waals surface area contributed by atoms with Crippen molar-refractivity contribution in [2.45, 2.75) is 13.8 Å². The Kier molecular flexibility index (Phi) is 4.42. The van der Waals surface area contributed by atoms with Crippen LogP contribution in [-0.2, 0) is 4.79 Å². The number of primary amides is 1. The van der Waals surface area contributed by atoms with Gasteiger partial charge in [-0.2, -0.15) is 0 Å². The quantitative estimate of drug-likeness (QED) is 0.567. The standard InChI is InChI=1S/C12H16F2N4O/c1-12(2,10(15)19)6-17-11(16)18-9-5-7(13)3-4-8(9)14/h3-5H,6H2,1-2H3,(H2,15,19)(H3,16,17,18). The summed E-state index contributed by atoms with van der Waals surface area (Å²) in [7, 11) is 0. The number of carbonyl (C=O) groups is 1. The molecule has 0 saturated heterocycles. The van der Waals surface area contributed by atoms with Crippen LogP contribution in [0.4, 0.5) is 14.5 Å². The molecule has 104 valence electrons. The van der Waals surface area contributed by atoms with Gasteiger partial charge in [0.25, 0.3) is 0 Å². The van der Waals surface area contributed by atoms with Crippen molar-refractivity contribution in [3.8, 4) is 0 Å². The van der Waals surface area contributed by atoms with Crippen molar-refractivity contribution < 1.29 is 13.6 Å². The third-order valence-corrected chi connectivity index (χ3v) is 2.50. The fourth-order valence-electron chi connectivity index (χ4n) is 1.13. The number of hydrogen-bond acceptors (Lipinski definition) is 2. The van der Waals surface area contributed by atoms with Crippen LogP contribution in [0, 0.1) is 17.0 Å². The summed E-state index contributed by atoms with van der Waals surface area (Å²) in [5.41, 5.74) is 9.71. The van der Waals surface area contributed by atoms with Crippen molar-refractivity contribution in [3.63, 3.8) is 0 Å². The van der Waals surface area contributed by atoms with Gasteiger partial charge in [-0.25, -0.2) is 8.78 Å². The highest BCUT2D eigenvalue weighted by molar-refractivity contribution is 5.92. The van der Waals surface area contributed by atoms with Gasteiger partial charge in [0, 0.05) is 6.07 Å². The maximum Gasteiger partial charge on any atom is 0.224 e. The summed E-state index contributed by atoms with van der Waals surface area (Å²) in [6.07, 6.45) is 0. The molecule has 0 atom stereocenters. The summed E-state index contributed by atoms with van der Waals surface area (Å²) < 4.78 is 26.2. The summed E-state index contributed by atoms with van der Waals surface area (Å²) in [6.45, 7) is 3.25. The third kappa shape index (κ3) is 4.20. The van der Waals surface area contributed by atoms with Gasteiger partial charge in [-0.05, 0) is 26.0 Å². The van der Waals surface area contributed by atoms with E-state index in [9.17, 15) is 13.6 Å². The molecule has 0 bridgehead atoms. The average molecular weight is 270 g/mol. The number of anilines is 1. The number of nitrogens with two attached hydrogens (primary N) is 2. The largest absolute Gasteiger partial charge is 0.370 e. The molecule has 0 unspecified atom stereocenters. The molecule has 1 aromatic rings. The second kappa shape index (κ2) is 5.64. The first-order chi connectivity index (χ1) is 8.72. The third-order valence-electron chi connectivity index (χ3n) is 2.50. The van der Waals surface area contributed by atoms with Crippen LogP contribution in [-0.4, -0.2) is 18.4 Å². The van der Waals surface area contributed by atoms with Crippen LogP contribution in [0.3, 0.4) is 0 Å². The molecule has 1 rings (SSSR count). The number of nitrogens with zero attached hydrogens (tertiary/aromatic N) is 1. The van der Waals surface area contributed by atoms with Crippen LogP contribution in [0.15, 0.2) is 23.2 Å².